The number of rotatable bonds is 5. The highest BCUT2D eigenvalue weighted by Crippen LogP contribution is 2.17. The van der Waals surface area contributed by atoms with Crippen molar-refractivity contribution in [1.82, 2.24) is 0 Å². The van der Waals surface area contributed by atoms with Gasteiger partial charge in [0.1, 0.15) is 23.2 Å². The fourth-order valence-electron chi connectivity index (χ4n) is 1.76. The summed E-state index contributed by atoms with van der Waals surface area (Å²) in [6.45, 7) is 0.0260. The van der Waals surface area contributed by atoms with Crippen LogP contribution in [-0.4, -0.2) is 10.9 Å². The summed E-state index contributed by atoms with van der Waals surface area (Å²) in [6, 6.07) is 11.0. The van der Waals surface area contributed by atoms with E-state index >= 15 is 0 Å². The lowest BCUT2D eigenvalue weighted by Gasteiger charge is -2.09. The molecule has 0 spiro atoms. The molecule has 0 saturated carbocycles. The second kappa shape index (κ2) is 6.32. The molecule has 0 saturated heterocycles. The molecule has 0 aliphatic rings. The van der Waals surface area contributed by atoms with Crippen LogP contribution in [0.5, 0.6) is 5.75 Å². The van der Waals surface area contributed by atoms with Gasteiger partial charge in [-0.15, -0.1) is 0 Å². The SMILES string of the molecule is NC(=O)c1ccc(OCc2cccc(C(N)=S)c2F)cc1. The maximum absolute atomic E-state index is 14.1. The van der Waals surface area contributed by atoms with E-state index in [9.17, 15) is 9.18 Å². The zero-order valence-electron chi connectivity index (χ0n) is 11.0. The molecule has 2 aromatic carbocycles. The van der Waals surface area contributed by atoms with Gasteiger partial charge >= 0.3 is 0 Å². The van der Waals surface area contributed by atoms with Gasteiger partial charge in [-0.3, -0.25) is 4.79 Å². The zero-order chi connectivity index (χ0) is 15.4. The van der Waals surface area contributed by atoms with Crippen LogP contribution in [0.3, 0.4) is 0 Å². The molecule has 4 N–H and O–H groups in total. The predicted octanol–water partition coefficient (Wildman–Crippen LogP) is 2.14. The summed E-state index contributed by atoms with van der Waals surface area (Å²) >= 11 is 4.78. The van der Waals surface area contributed by atoms with Crippen molar-refractivity contribution in [2.45, 2.75) is 6.61 Å². The average Bonchev–Trinajstić information content (AvgIpc) is 2.46. The van der Waals surface area contributed by atoms with Gasteiger partial charge in [-0.05, 0) is 30.3 Å². The molecule has 0 radical (unpaired) electrons. The number of hydrogen-bond acceptors (Lipinski definition) is 3. The van der Waals surface area contributed by atoms with Crippen molar-refractivity contribution in [3.05, 3.63) is 65.0 Å². The van der Waals surface area contributed by atoms with Crippen LogP contribution < -0.4 is 16.2 Å². The van der Waals surface area contributed by atoms with Crippen LogP contribution in [0.2, 0.25) is 0 Å². The van der Waals surface area contributed by atoms with Crippen LogP contribution in [0.1, 0.15) is 21.5 Å². The van der Waals surface area contributed by atoms with E-state index in [0.29, 0.717) is 16.9 Å². The molecule has 108 valence electrons. The first-order chi connectivity index (χ1) is 9.99. The van der Waals surface area contributed by atoms with Gasteiger partial charge in [0.05, 0.1) is 0 Å². The Balaban J connectivity index is 2.11. The van der Waals surface area contributed by atoms with Gasteiger partial charge in [-0.1, -0.05) is 24.4 Å². The largest absolute Gasteiger partial charge is 0.489 e. The molecule has 4 nitrogen and oxygen atoms in total. The third-order valence-electron chi connectivity index (χ3n) is 2.88. The Labute approximate surface area is 126 Å². The highest BCUT2D eigenvalue weighted by atomic mass is 32.1. The second-order valence-corrected chi connectivity index (χ2v) is 4.76. The Morgan fingerprint density at radius 1 is 1.14 bits per heavy atom. The van der Waals surface area contributed by atoms with Gasteiger partial charge in [0.15, 0.2) is 0 Å². The highest BCUT2D eigenvalue weighted by molar-refractivity contribution is 7.80. The minimum atomic E-state index is -0.517. The van der Waals surface area contributed by atoms with E-state index in [1.807, 2.05) is 0 Å². The molecule has 2 rings (SSSR count). The standard InChI is InChI=1S/C15H13FN2O2S/c16-13-10(2-1-3-12(13)15(18)21)8-20-11-6-4-9(5-7-11)14(17)19/h1-7H,8H2,(H2,17,19)(H2,18,21). The van der Waals surface area contributed by atoms with E-state index in [-0.39, 0.29) is 17.2 Å². The summed E-state index contributed by atoms with van der Waals surface area (Å²) in [5.74, 6) is -0.504. The first kappa shape index (κ1) is 14.9. The molecule has 6 heteroatoms. The number of benzene rings is 2. The molecule has 0 aliphatic carbocycles. The van der Waals surface area contributed by atoms with Gasteiger partial charge in [0.2, 0.25) is 5.91 Å². The van der Waals surface area contributed by atoms with Crippen LogP contribution in [0, 0.1) is 5.82 Å². The minimum absolute atomic E-state index is 0.000149. The molecule has 0 aliphatic heterocycles. The molecule has 0 atom stereocenters. The number of carbonyl (C=O) groups is 1. The number of carbonyl (C=O) groups excluding carboxylic acids is 1. The normalized spacial score (nSPS) is 10.1. The third kappa shape index (κ3) is 3.55. The van der Waals surface area contributed by atoms with Crippen LogP contribution in [0.15, 0.2) is 42.5 Å². The number of amides is 1. The lowest BCUT2D eigenvalue weighted by Crippen LogP contribution is -2.13. The van der Waals surface area contributed by atoms with Gasteiger partial charge in [-0.2, -0.15) is 0 Å². The topological polar surface area (TPSA) is 78.3 Å². The third-order valence-corrected chi connectivity index (χ3v) is 3.10. The quantitative estimate of drug-likeness (QED) is 0.830. The van der Waals surface area contributed by atoms with Crippen molar-refractivity contribution in [2.75, 3.05) is 0 Å². The number of hydrogen-bond donors (Lipinski definition) is 2. The Morgan fingerprint density at radius 2 is 1.81 bits per heavy atom. The van der Waals surface area contributed by atoms with Crippen LogP contribution >= 0.6 is 12.2 Å². The molecule has 0 bridgehead atoms. The number of primary amides is 1. The zero-order valence-corrected chi connectivity index (χ0v) is 11.8. The summed E-state index contributed by atoms with van der Waals surface area (Å²) in [6.07, 6.45) is 0. The summed E-state index contributed by atoms with van der Waals surface area (Å²) < 4.78 is 19.6. The maximum Gasteiger partial charge on any atom is 0.248 e. The van der Waals surface area contributed by atoms with E-state index in [0.717, 1.165) is 0 Å². The number of halogens is 1. The van der Waals surface area contributed by atoms with Crippen molar-refractivity contribution in [3.8, 4) is 5.75 Å². The number of nitrogens with two attached hydrogens (primary N) is 2. The Kier molecular flexibility index (Phi) is 4.49. The Hall–Kier alpha value is -2.47. The van der Waals surface area contributed by atoms with Crippen molar-refractivity contribution in [3.63, 3.8) is 0 Å². The fraction of sp³-hybridized carbons (Fsp3) is 0.0667. The van der Waals surface area contributed by atoms with Crippen molar-refractivity contribution in [2.24, 2.45) is 11.5 Å². The van der Waals surface area contributed by atoms with E-state index in [1.165, 1.54) is 6.07 Å². The summed E-state index contributed by atoms with van der Waals surface area (Å²) in [5.41, 5.74) is 11.5. The van der Waals surface area contributed by atoms with E-state index in [2.05, 4.69) is 0 Å². The van der Waals surface area contributed by atoms with Crippen LogP contribution in [0.4, 0.5) is 4.39 Å². The molecule has 0 unspecified atom stereocenters. The van der Waals surface area contributed by atoms with Crippen LogP contribution in [-0.2, 0) is 6.61 Å². The minimum Gasteiger partial charge on any atom is -0.489 e. The van der Waals surface area contributed by atoms with Crippen molar-refractivity contribution in [1.29, 1.82) is 0 Å². The molecule has 1 amide bonds. The molecule has 0 fully saturated rings. The smallest absolute Gasteiger partial charge is 0.248 e. The number of ether oxygens (including phenoxy) is 1. The molecular weight excluding hydrogens is 291 g/mol. The predicted molar refractivity (Wildman–Crippen MR) is 81.6 cm³/mol. The molecule has 21 heavy (non-hydrogen) atoms. The van der Waals surface area contributed by atoms with E-state index in [1.54, 1.807) is 36.4 Å². The lowest BCUT2D eigenvalue weighted by molar-refractivity contribution is 0.100. The summed E-state index contributed by atoms with van der Waals surface area (Å²) in [5, 5.41) is 0. The van der Waals surface area contributed by atoms with Gasteiger partial charge in [0.25, 0.3) is 0 Å². The van der Waals surface area contributed by atoms with Gasteiger partial charge in [-0.25, -0.2) is 4.39 Å². The first-order valence-corrected chi connectivity index (χ1v) is 6.49. The molecule has 0 aromatic heterocycles. The second-order valence-electron chi connectivity index (χ2n) is 4.32. The van der Waals surface area contributed by atoms with Crippen molar-refractivity contribution < 1.29 is 13.9 Å². The fourth-order valence-corrected chi connectivity index (χ4v) is 1.92. The lowest BCUT2D eigenvalue weighted by atomic mass is 10.1. The van der Waals surface area contributed by atoms with Crippen molar-refractivity contribution >= 4 is 23.1 Å². The Bertz CT molecular complexity index is 687. The summed E-state index contributed by atoms with van der Waals surface area (Å²) in [7, 11) is 0. The molecule has 0 heterocycles. The van der Waals surface area contributed by atoms with Crippen LogP contribution in [0.25, 0.3) is 0 Å². The number of thiocarbonyl (C=S) groups is 1. The van der Waals surface area contributed by atoms with Gasteiger partial charge < -0.3 is 16.2 Å². The molecular formula is C15H13FN2O2S. The summed E-state index contributed by atoms with van der Waals surface area (Å²) in [4.78, 5) is 10.9. The highest BCUT2D eigenvalue weighted by Gasteiger charge is 2.10. The van der Waals surface area contributed by atoms with Gasteiger partial charge in [0, 0.05) is 16.7 Å². The van der Waals surface area contributed by atoms with E-state index < -0.39 is 11.7 Å². The average molecular weight is 304 g/mol. The monoisotopic (exact) mass is 304 g/mol. The Morgan fingerprint density at radius 3 is 2.38 bits per heavy atom. The van der Waals surface area contributed by atoms with E-state index in [4.69, 9.17) is 28.4 Å². The molecule has 2 aromatic rings. The maximum atomic E-state index is 14.1. The first-order valence-electron chi connectivity index (χ1n) is 6.09.